The normalized spacial score (nSPS) is 10.3. The fourth-order valence-electron chi connectivity index (χ4n) is 1.70. The van der Waals surface area contributed by atoms with E-state index < -0.39 is 27.8 Å². The first-order valence-electron chi connectivity index (χ1n) is 5.31. The van der Waals surface area contributed by atoms with E-state index in [4.69, 9.17) is 4.74 Å². The molecule has 2 rings (SSSR count). The molecular weight excluding hydrogens is 256 g/mol. The fraction of sp³-hybridized carbons (Fsp3) is 0.0769. The molecule has 98 valence electrons. The molecule has 0 unspecified atom stereocenters. The Morgan fingerprint density at radius 2 is 1.74 bits per heavy atom. The summed E-state index contributed by atoms with van der Waals surface area (Å²) in [4.78, 5) is 9.75. The zero-order chi connectivity index (χ0) is 14.0. The van der Waals surface area contributed by atoms with Crippen LogP contribution < -0.4 is 4.74 Å². The highest BCUT2D eigenvalue weighted by molar-refractivity contribution is 5.68. The number of hydrogen-bond acceptors (Lipinski definition) is 3. The third-order valence-electron chi connectivity index (χ3n) is 2.65. The van der Waals surface area contributed by atoms with Crippen LogP contribution in [0.25, 0.3) is 11.1 Å². The standard InChI is InChI=1S/C13H9F2NO3/c1-19-9-4-2-8(3-5-9)12-10(14)6-7-11(13(12)15)16(17)18/h2-7H,1H3. The molecule has 0 atom stereocenters. The molecule has 0 aliphatic heterocycles. The van der Waals surface area contributed by atoms with Gasteiger partial charge in [-0.15, -0.1) is 0 Å². The quantitative estimate of drug-likeness (QED) is 0.630. The molecule has 0 fully saturated rings. The largest absolute Gasteiger partial charge is 0.497 e. The van der Waals surface area contributed by atoms with Crippen LogP contribution in [0.5, 0.6) is 5.75 Å². The summed E-state index contributed by atoms with van der Waals surface area (Å²) in [5.74, 6) is -1.52. The van der Waals surface area contributed by atoms with Gasteiger partial charge < -0.3 is 4.74 Å². The van der Waals surface area contributed by atoms with E-state index in [1.54, 1.807) is 0 Å². The third-order valence-corrected chi connectivity index (χ3v) is 2.65. The zero-order valence-corrected chi connectivity index (χ0v) is 9.89. The fourth-order valence-corrected chi connectivity index (χ4v) is 1.70. The van der Waals surface area contributed by atoms with E-state index in [0.29, 0.717) is 5.75 Å². The minimum Gasteiger partial charge on any atom is -0.497 e. The first-order valence-corrected chi connectivity index (χ1v) is 5.31. The summed E-state index contributed by atoms with van der Waals surface area (Å²) in [7, 11) is 1.46. The molecule has 2 aromatic rings. The lowest BCUT2D eigenvalue weighted by Crippen LogP contribution is -1.97. The van der Waals surface area contributed by atoms with Crippen LogP contribution >= 0.6 is 0 Å². The maximum atomic E-state index is 13.9. The van der Waals surface area contributed by atoms with Crippen molar-refractivity contribution >= 4 is 5.69 Å². The summed E-state index contributed by atoms with van der Waals surface area (Å²) in [5.41, 5.74) is -0.969. The van der Waals surface area contributed by atoms with Gasteiger partial charge in [0.2, 0.25) is 5.82 Å². The maximum absolute atomic E-state index is 13.9. The summed E-state index contributed by atoms with van der Waals surface area (Å²) in [6, 6.07) is 7.59. The average molecular weight is 265 g/mol. The molecule has 0 aliphatic rings. The number of methoxy groups -OCH3 is 1. The van der Waals surface area contributed by atoms with Gasteiger partial charge in [0.1, 0.15) is 11.6 Å². The van der Waals surface area contributed by atoms with Crippen molar-refractivity contribution in [2.24, 2.45) is 0 Å². The van der Waals surface area contributed by atoms with Gasteiger partial charge in [0.05, 0.1) is 17.6 Å². The van der Waals surface area contributed by atoms with Gasteiger partial charge in [-0.2, -0.15) is 4.39 Å². The van der Waals surface area contributed by atoms with Crippen molar-refractivity contribution in [3.8, 4) is 16.9 Å². The smallest absolute Gasteiger partial charge is 0.305 e. The second-order valence-corrected chi connectivity index (χ2v) is 3.74. The number of rotatable bonds is 3. The molecular formula is C13H9F2NO3. The Bertz CT molecular complexity index is 627. The summed E-state index contributed by atoms with van der Waals surface area (Å²) in [5, 5.41) is 10.6. The Morgan fingerprint density at radius 1 is 1.11 bits per heavy atom. The van der Waals surface area contributed by atoms with E-state index in [9.17, 15) is 18.9 Å². The zero-order valence-electron chi connectivity index (χ0n) is 9.89. The molecule has 0 spiro atoms. The van der Waals surface area contributed by atoms with Crippen LogP contribution in [0.15, 0.2) is 36.4 Å². The molecule has 0 aliphatic carbocycles. The van der Waals surface area contributed by atoms with Gasteiger partial charge in [-0.05, 0) is 23.8 Å². The molecule has 0 saturated carbocycles. The Hall–Kier alpha value is -2.50. The van der Waals surface area contributed by atoms with E-state index >= 15 is 0 Å². The van der Waals surface area contributed by atoms with Crippen molar-refractivity contribution in [1.82, 2.24) is 0 Å². The minimum absolute atomic E-state index is 0.208. The molecule has 0 heterocycles. The highest BCUT2D eigenvalue weighted by Crippen LogP contribution is 2.32. The van der Waals surface area contributed by atoms with Gasteiger partial charge in [-0.25, -0.2) is 4.39 Å². The lowest BCUT2D eigenvalue weighted by molar-refractivity contribution is -0.387. The first-order chi connectivity index (χ1) is 9.04. The van der Waals surface area contributed by atoms with Crippen molar-refractivity contribution in [2.45, 2.75) is 0 Å². The predicted octanol–water partition coefficient (Wildman–Crippen LogP) is 3.55. The first kappa shape index (κ1) is 12.9. The lowest BCUT2D eigenvalue weighted by atomic mass is 10.0. The topological polar surface area (TPSA) is 52.4 Å². The highest BCUT2D eigenvalue weighted by Gasteiger charge is 2.22. The van der Waals surface area contributed by atoms with Crippen molar-refractivity contribution < 1.29 is 18.4 Å². The van der Waals surface area contributed by atoms with E-state index in [0.717, 1.165) is 12.1 Å². The van der Waals surface area contributed by atoms with Crippen LogP contribution in [0, 0.1) is 21.7 Å². The Labute approximate surface area is 107 Å². The Morgan fingerprint density at radius 3 is 2.26 bits per heavy atom. The molecule has 0 saturated heterocycles. The van der Waals surface area contributed by atoms with E-state index in [2.05, 4.69) is 0 Å². The van der Waals surface area contributed by atoms with Crippen molar-refractivity contribution in [2.75, 3.05) is 7.11 Å². The summed E-state index contributed by atoms with van der Waals surface area (Å²) < 4.78 is 32.5. The SMILES string of the molecule is COc1ccc(-c2c(F)ccc([N+](=O)[O-])c2F)cc1. The number of nitro benzene ring substituents is 1. The van der Waals surface area contributed by atoms with Crippen LogP contribution in [0.2, 0.25) is 0 Å². The second kappa shape index (κ2) is 5.01. The molecule has 0 radical (unpaired) electrons. The number of nitro groups is 1. The van der Waals surface area contributed by atoms with Crippen LogP contribution in [0.3, 0.4) is 0 Å². The van der Waals surface area contributed by atoms with Gasteiger partial charge in [0.25, 0.3) is 0 Å². The van der Waals surface area contributed by atoms with Crippen LogP contribution in [-0.4, -0.2) is 12.0 Å². The summed E-state index contributed by atoms with van der Waals surface area (Å²) in [6.07, 6.45) is 0. The maximum Gasteiger partial charge on any atom is 0.305 e. The average Bonchev–Trinajstić information content (AvgIpc) is 2.39. The predicted molar refractivity (Wildman–Crippen MR) is 65.0 cm³/mol. The molecule has 0 aromatic heterocycles. The number of halogens is 2. The number of nitrogens with zero attached hydrogens (tertiary/aromatic N) is 1. The van der Waals surface area contributed by atoms with Crippen LogP contribution in [0.4, 0.5) is 14.5 Å². The van der Waals surface area contributed by atoms with E-state index in [1.807, 2.05) is 0 Å². The van der Waals surface area contributed by atoms with Crippen molar-refractivity contribution in [3.05, 3.63) is 58.1 Å². The highest BCUT2D eigenvalue weighted by atomic mass is 19.1. The van der Waals surface area contributed by atoms with Crippen molar-refractivity contribution in [3.63, 3.8) is 0 Å². The molecule has 0 bridgehead atoms. The van der Waals surface area contributed by atoms with Crippen LogP contribution in [-0.2, 0) is 0 Å². The van der Waals surface area contributed by atoms with Gasteiger partial charge >= 0.3 is 5.69 Å². The molecule has 2 aromatic carbocycles. The Balaban J connectivity index is 2.60. The van der Waals surface area contributed by atoms with Gasteiger partial charge in [0.15, 0.2) is 0 Å². The second-order valence-electron chi connectivity index (χ2n) is 3.74. The van der Waals surface area contributed by atoms with E-state index in [-0.39, 0.29) is 5.56 Å². The van der Waals surface area contributed by atoms with Crippen LogP contribution in [0.1, 0.15) is 0 Å². The Kier molecular flexibility index (Phi) is 3.41. The molecule has 0 N–H and O–H groups in total. The number of benzene rings is 2. The minimum atomic E-state index is -1.19. The van der Waals surface area contributed by atoms with Gasteiger partial charge in [0, 0.05) is 6.07 Å². The van der Waals surface area contributed by atoms with Crippen molar-refractivity contribution in [1.29, 1.82) is 0 Å². The molecule has 0 amide bonds. The van der Waals surface area contributed by atoms with Gasteiger partial charge in [-0.1, -0.05) is 12.1 Å². The lowest BCUT2D eigenvalue weighted by Gasteiger charge is -2.06. The summed E-state index contributed by atoms with van der Waals surface area (Å²) in [6.45, 7) is 0. The number of ether oxygens (including phenoxy) is 1. The van der Waals surface area contributed by atoms with E-state index in [1.165, 1.54) is 31.4 Å². The molecule has 19 heavy (non-hydrogen) atoms. The van der Waals surface area contributed by atoms with Gasteiger partial charge in [-0.3, -0.25) is 10.1 Å². The summed E-state index contributed by atoms with van der Waals surface area (Å²) >= 11 is 0. The monoisotopic (exact) mass is 265 g/mol. The number of hydrogen-bond donors (Lipinski definition) is 0. The molecule has 6 heteroatoms. The third kappa shape index (κ3) is 2.37. The molecule has 4 nitrogen and oxygen atoms in total.